The number of hydrogen-bond donors (Lipinski definition) is 1. The second-order valence-corrected chi connectivity index (χ2v) is 9.81. The van der Waals surface area contributed by atoms with Gasteiger partial charge in [-0.2, -0.15) is 0 Å². The van der Waals surface area contributed by atoms with E-state index in [4.69, 9.17) is 14.5 Å². The summed E-state index contributed by atoms with van der Waals surface area (Å²) >= 11 is 1.32. The average molecular weight is 497 g/mol. The van der Waals surface area contributed by atoms with Crippen LogP contribution in [0.1, 0.15) is 18.9 Å². The molecule has 2 heterocycles. The van der Waals surface area contributed by atoms with Crippen LogP contribution in [0.4, 0.5) is 0 Å². The molecule has 0 radical (unpaired) electrons. The van der Waals surface area contributed by atoms with Crippen molar-refractivity contribution in [2.24, 2.45) is 0 Å². The number of para-hydroxylation sites is 1. The van der Waals surface area contributed by atoms with Gasteiger partial charge in [-0.3, -0.25) is 19.1 Å². The lowest BCUT2D eigenvalue weighted by Crippen LogP contribution is -2.37. The predicted octanol–water partition coefficient (Wildman–Crippen LogP) is 2.92. The number of nitrogens with zero attached hydrogens (tertiary/aromatic N) is 3. The number of methoxy groups -OCH3 is 1. The summed E-state index contributed by atoms with van der Waals surface area (Å²) in [5.41, 5.74) is 1.57. The average Bonchev–Trinajstić information content (AvgIpc) is 2.90. The zero-order valence-electron chi connectivity index (χ0n) is 20.2. The van der Waals surface area contributed by atoms with E-state index in [2.05, 4.69) is 10.2 Å². The van der Waals surface area contributed by atoms with Crippen LogP contribution in [0.2, 0.25) is 0 Å². The van der Waals surface area contributed by atoms with Gasteiger partial charge in [-0.05, 0) is 43.2 Å². The zero-order chi connectivity index (χ0) is 24.6. The Hall–Kier alpha value is -2.88. The molecule has 1 fully saturated rings. The van der Waals surface area contributed by atoms with E-state index in [1.807, 2.05) is 55.5 Å². The minimum Gasteiger partial charge on any atom is -0.497 e. The molecule has 1 saturated heterocycles. The molecule has 1 aromatic heterocycles. The molecule has 0 unspecified atom stereocenters. The third-order valence-corrected chi connectivity index (χ3v) is 7.15. The molecule has 0 bridgehead atoms. The van der Waals surface area contributed by atoms with Crippen molar-refractivity contribution in [2.75, 3.05) is 40.0 Å². The summed E-state index contributed by atoms with van der Waals surface area (Å²) < 4.78 is 12.3. The predicted molar refractivity (Wildman–Crippen MR) is 138 cm³/mol. The number of ether oxygens (including phenoxy) is 2. The highest BCUT2D eigenvalue weighted by molar-refractivity contribution is 8.00. The number of fused-ring (bicyclic) bond motifs is 1. The molecule has 3 aromatic rings. The largest absolute Gasteiger partial charge is 0.497 e. The highest BCUT2D eigenvalue weighted by Gasteiger charge is 2.20. The maximum absolute atomic E-state index is 13.3. The number of rotatable bonds is 10. The molecule has 0 aliphatic carbocycles. The summed E-state index contributed by atoms with van der Waals surface area (Å²) in [5.74, 6) is 0.672. The van der Waals surface area contributed by atoms with Gasteiger partial charge in [0.15, 0.2) is 5.16 Å². The number of morpholine rings is 1. The van der Waals surface area contributed by atoms with Gasteiger partial charge in [0.05, 0.1) is 36.5 Å². The number of carbonyl (C=O) groups excluding carboxylic acids is 1. The third-order valence-electron chi connectivity index (χ3n) is 6.06. The Labute approximate surface area is 209 Å². The normalized spacial score (nSPS) is 15.1. The molecular formula is C26H32N4O4S. The van der Waals surface area contributed by atoms with E-state index in [9.17, 15) is 9.59 Å². The number of amides is 1. The van der Waals surface area contributed by atoms with Crippen LogP contribution in [0.3, 0.4) is 0 Å². The minimum atomic E-state index is -0.410. The highest BCUT2D eigenvalue weighted by atomic mass is 32.2. The number of aromatic nitrogens is 2. The molecule has 1 amide bonds. The SMILES string of the molecule is COc1ccc(CNC(=O)[C@H](C)Sc2nc3ccccc3c(=O)n2CCCN2CCOCC2)cc1. The second-order valence-electron chi connectivity index (χ2n) is 8.50. The molecule has 8 nitrogen and oxygen atoms in total. The van der Waals surface area contributed by atoms with Crippen LogP contribution in [0.15, 0.2) is 58.5 Å². The fourth-order valence-electron chi connectivity index (χ4n) is 4.00. The van der Waals surface area contributed by atoms with Crippen LogP contribution >= 0.6 is 11.8 Å². The number of carbonyl (C=O) groups is 1. The fraction of sp³-hybridized carbons (Fsp3) is 0.423. The number of hydrogen-bond acceptors (Lipinski definition) is 7. The van der Waals surface area contributed by atoms with Crippen molar-refractivity contribution >= 4 is 28.6 Å². The lowest BCUT2D eigenvalue weighted by molar-refractivity contribution is -0.120. The Bertz CT molecular complexity index is 1190. The molecule has 9 heteroatoms. The zero-order valence-corrected chi connectivity index (χ0v) is 21.1. The Morgan fingerprint density at radius 2 is 1.89 bits per heavy atom. The van der Waals surface area contributed by atoms with Gasteiger partial charge in [0.25, 0.3) is 5.56 Å². The monoisotopic (exact) mass is 496 g/mol. The van der Waals surface area contributed by atoms with Gasteiger partial charge in [0.1, 0.15) is 5.75 Å². The summed E-state index contributed by atoms with van der Waals surface area (Å²) in [6.07, 6.45) is 0.825. The number of thioether (sulfide) groups is 1. The van der Waals surface area contributed by atoms with Crippen molar-refractivity contribution in [1.29, 1.82) is 0 Å². The maximum atomic E-state index is 13.3. The van der Waals surface area contributed by atoms with Gasteiger partial charge < -0.3 is 14.8 Å². The van der Waals surface area contributed by atoms with Crippen molar-refractivity contribution in [2.45, 2.75) is 36.8 Å². The van der Waals surface area contributed by atoms with Gasteiger partial charge in [-0.15, -0.1) is 0 Å². The molecular weight excluding hydrogens is 464 g/mol. The first-order valence-electron chi connectivity index (χ1n) is 11.9. The molecule has 1 atom stereocenters. The van der Waals surface area contributed by atoms with Crippen LogP contribution in [-0.2, 0) is 22.6 Å². The Balaban J connectivity index is 1.45. The lowest BCUT2D eigenvalue weighted by atomic mass is 10.2. The Morgan fingerprint density at radius 3 is 2.63 bits per heavy atom. The van der Waals surface area contributed by atoms with Crippen LogP contribution in [0.25, 0.3) is 10.9 Å². The molecule has 2 aromatic carbocycles. The minimum absolute atomic E-state index is 0.0640. The molecule has 186 valence electrons. The molecule has 0 saturated carbocycles. The summed E-state index contributed by atoms with van der Waals surface area (Å²) in [6, 6.07) is 15.0. The van der Waals surface area contributed by atoms with Crippen molar-refractivity contribution < 1.29 is 14.3 Å². The highest BCUT2D eigenvalue weighted by Crippen LogP contribution is 2.23. The summed E-state index contributed by atoms with van der Waals surface area (Å²) in [4.78, 5) is 33.3. The lowest BCUT2D eigenvalue weighted by Gasteiger charge is -2.26. The van der Waals surface area contributed by atoms with Crippen LogP contribution in [0, 0.1) is 0 Å². The van der Waals surface area contributed by atoms with E-state index in [0.717, 1.165) is 50.6 Å². The quantitative estimate of drug-likeness (QED) is 0.341. The fourth-order valence-corrected chi connectivity index (χ4v) is 4.96. The Kier molecular flexibility index (Phi) is 8.79. The third kappa shape index (κ3) is 6.62. The second kappa shape index (κ2) is 12.2. The van der Waals surface area contributed by atoms with Gasteiger partial charge in [-0.1, -0.05) is 36.0 Å². The number of benzene rings is 2. The van der Waals surface area contributed by atoms with Gasteiger partial charge in [0, 0.05) is 32.7 Å². The van der Waals surface area contributed by atoms with Crippen molar-refractivity contribution in [1.82, 2.24) is 19.8 Å². The summed E-state index contributed by atoms with van der Waals surface area (Å²) in [7, 11) is 1.62. The topological polar surface area (TPSA) is 85.7 Å². The Morgan fingerprint density at radius 1 is 1.14 bits per heavy atom. The molecule has 0 spiro atoms. The smallest absolute Gasteiger partial charge is 0.262 e. The molecule has 1 aliphatic heterocycles. The van der Waals surface area contributed by atoms with Crippen LogP contribution in [0.5, 0.6) is 5.75 Å². The number of nitrogens with one attached hydrogen (secondary N) is 1. The molecule has 35 heavy (non-hydrogen) atoms. The molecule has 4 rings (SSSR count). The van der Waals surface area contributed by atoms with E-state index in [-0.39, 0.29) is 11.5 Å². The summed E-state index contributed by atoms with van der Waals surface area (Å²) in [6.45, 7) is 7.04. The van der Waals surface area contributed by atoms with Crippen molar-refractivity contribution in [3.8, 4) is 5.75 Å². The van der Waals surface area contributed by atoms with E-state index >= 15 is 0 Å². The van der Waals surface area contributed by atoms with Crippen LogP contribution < -0.4 is 15.6 Å². The summed E-state index contributed by atoms with van der Waals surface area (Å²) in [5, 5.41) is 3.74. The van der Waals surface area contributed by atoms with E-state index < -0.39 is 5.25 Å². The van der Waals surface area contributed by atoms with Crippen molar-refractivity contribution in [3.63, 3.8) is 0 Å². The van der Waals surface area contributed by atoms with E-state index in [0.29, 0.717) is 29.1 Å². The van der Waals surface area contributed by atoms with E-state index in [1.54, 1.807) is 11.7 Å². The van der Waals surface area contributed by atoms with Crippen LogP contribution in [-0.4, -0.2) is 65.6 Å². The van der Waals surface area contributed by atoms with Gasteiger partial charge >= 0.3 is 0 Å². The molecule has 1 N–H and O–H groups in total. The van der Waals surface area contributed by atoms with Gasteiger partial charge in [0.2, 0.25) is 5.91 Å². The standard InChI is InChI=1S/C26H32N4O4S/c1-19(24(31)27-18-20-8-10-21(33-2)11-9-20)35-26-28-23-7-4-3-6-22(23)25(32)30(26)13-5-12-29-14-16-34-17-15-29/h3-4,6-11,19H,5,12-18H2,1-2H3,(H,27,31)/t19-/m0/s1. The maximum Gasteiger partial charge on any atom is 0.262 e. The van der Waals surface area contributed by atoms with E-state index in [1.165, 1.54) is 11.8 Å². The van der Waals surface area contributed by atoms with Gasteiger partial charge in [-0.25, -0.2) is 4.98 Å². The first kappa shape index (κ1) is 25.2. The van der Waals surface area contributed by atoms with Crippen molar-refractivity contribution in [3.05, 3.63) is 64.4 Å². The first-order chi connectivity index (χ1) is 17.0. The molecule has 1 aliphatic rings. The first-order valence-corrected chi connectivity index (χ1v) is 12.8.